The van der Waals surface area contributed by atoms with Gasteiger partial charge >= 0.3 is 0 Å². The van der Waals surface area contributed by atoms with Crippen LogP contribution in [0.3, 0.4) is 0 Å². The van der Waals surface area contributed by atoms with E-state index in [1.165, 1.54) is 0 Å². The predicted molar refractivity (Wildman–Crippen MR) is 89.7 cm³/mol. The Bertz CT molecular complexity index is 763. The minimum Gasteiger partial charge on any atom is -0.307 e. The molecular weight excluding hydrogens is 342 g/mol. The van der Waals surface area contributed by atoms with Crippen LogP contribution in [0.25, 0.3) is 0 Å². The average molecular weight is 358 g/mol. The van der Waals surface area contributed by atoms with E-state index in [0.717, 1.165) is 11.1 Å². The van der Waals surface area contributed by atoms with Crippen LogP contribution < -0.4 is 5.32 Å². The Hall–Kier alpha value is -2.19. The van der Waals surface area contributed by atoms with Crippen LogP contribution in [0.4, 0.5) is 5.82 Å². The summed E-state index contributed by atoms with van der Waals surface area (Å²) in [6.45, 7) is 5.57. The number of nitrogens with zero attached hydrogens (tertiary/aromatic N) is 2. The first-order valence-corrected chi connectivity index (χ1v) is 7.59. The van der Waals surface area contributed by atoms with Gasteiger partial charge in [0.2, 0.25) is 0 Å². The van der Waals surface area contributed by atoms with Gasteiger partial charge in [0.1, 0.15) is 10.4 Å². The molecule has 4 nitrogen and oxygen atoms in total. The van der Waals surface area contributed by atoms with Crippen LogP contribution >= 0.6 is 15.9 Å². The summed E-state index contributed by atoms with van der Waals surface area (Å²) < 4.78 is 0.699. The first kappa shape index (κ1) is 16.2. The van der Waals surface area contributed by atoms with Crippen LogP contribution in [0.1, 0.15) is 35.3 Å². The number of aryl methyl sites for hydroxylation is 1. The van der Waals surface area contributed by atoms with Crippen molar-refractivity contribution < 1.29 is 4.79 Å². The second-order valence-electron chi connectivity index (χ2n) is 5.58. The Morgan fingerprint density at radius 1 is 1.32 bits per heavy atom. The normalized spacial score (nSPS) is 10.9. The van der Waals surface area contributed by atoms with Gasteiger partial charge in [-0.15, -0.1) is 0 Å². The molecule has 0 aliphatic carbocycles. The maximum absolute atomic E-state index is 12.3. The van der Waals surface area contributed by atoms with Crippen molar-refractivity contribution in [3.8, 4) is 6.07 Å². The number of benzene rings is 1. The number of hydrogen-bond acceptors (Lipinski definition) is 3. The third-order valence-corrected chi connectivity index (χ3v) is 4.21. The number of anilines is 1. The fourth-order valence-electron chi connectivity index (χ4n) is 1.88. The van der Waals surface area contributed by atoms with Crippen LogP contribution in [0.15, 0.2) is 41.0 Å². The van der Waals surface area contributed by atoms with Crippen LogP contribution in [-0.2, 0) is 5.41 Å². The topological polar surface area (TPSA) is 65.8 Å². The number of hydrogen-bond donors (Lipinski definition) is 1. The summed E-state index contributed by atoms with van der Waals surface area (Å²) in [4.78, 5) is 16.6. The largest absolute Gasteiger partial charge is 0.307 e. The zero-order valence-corrected chi connectivity index (χ0v) is 14.2. The number of carbonyl (C=O) groups is 1. The van der Waals surface area contributed by atoms with Gasteiger partial charge in [-0.1, -0.05) is 18.2 Å². The SMILES string of the molecule is Cc1ccc(NC(=O)c2cccc(C(C)(C)C#N)c2)nc1Br. The van der Waals surface area contributed by atoms with Crippen LogP contribution in [0.5, 0.6) is 0 Å². The standard InChI is InChI=1S/C17H16BrN3O/c1-11-7-8-14(20-15(11)18)21-16(22)12-5-4-6-13(9-12)17(2,3)10-19/h4-9H,1-3H3,(H,20,21,22). The van der Waals surface area contributed by atoms with Gasteiger partial charge in [-0.05, 0) is 66.0 Å². The van der Waals surface area contributed by atoms with E-state index in [-0.39, 0.29) is 5.91 Å². The van der Waals surface area contributed by atoms with Crippen molar-refractivity contribution in [1.29, 1.82) is 5.26 Å². The number of halogens is 1. The van der Waals surface area contributed by atoms with Gasteiger partial charge in [0.05, 0.1) is 11.5 Å². The van der Waals surface area contributed by atoms with Crippen molar-refractivity contribution >= 4 is 27.7 Å². The van der Waals surface area contributed by atoms with Crippen molar-refractivity contribution in [3.63, 3.8) is 0 Å². The minimum absolute atomic E-state index is 0.251. The monoisotopic (exact) mass is 357 g/mol. The molecule has 0 atom stereocenters. The third kappa shape index (κ3) is 3.52. The molecule has 1 amide bonds. The molecule has 1 aromatic heterocycles. The molecule has 2 aromatic rings. The molecule has 0 aliphatic rings. The van der Waals surface area contributed by atoms with Crippen molar-refractivity contribution in [2.45, 2.75) is 26.2 Å². The summed E-state index contributed by atoms with van der Waals surface area (Å²) in [5.41, 5.74) is 1.66. The summed E-state index contributed by atoms with van der Waals surface area (Å²) in [6.07, 6.45) is 0. The molecule has 0 aliphatic heterocycles. The molecule has 2 rings (SSSR count). The Labute approximate surface area is 138 Å². The predicted octanol–water partition coefficient (Wildman–Crippen LogP) is 4.21. The molecule has 0 bridgehead atoms. The Balaban J connectivity index is 2.25. The van der Waals surface area contributed by atoms with Gasteiger partial charge in [-0.25, -0.2) is 4.98 Å². The highest BCUT2D eigenvalue weighted by Gasteiger charge is 2.20. The highest BCUT2D eigenvalue weighted by molar-refractivity contribution is 9.10. The van der Waals surface area contributed by atoms with Gasteiger partial charge in [0.15, 0.2) is 0 Å². The number of nitrogens with one attached hydrogen (secondary N) is 1. The Morgan fingerprint density at radius 3 is 2.68 bits per heavy atom. The van der Waals surface area contributed by atoms with Crippen molar-refractivity contribution in [2.24, 2.45) is 0 Å². The van der Waals surface area contributed by atoms with E-state index >= 15 is 0 Å². The van der Waals surface area contributed by atoms with Crippen LogP contribution in [0, 0.1) is 18.3 Å². The highest BCUT2D eigenvalue weighted by Crippen LogP contribution is 2.23. The van der Waals surface area contributed by atoms with E-state index in [0.29, 0.717) is 16.0 Å². The number of amides is 1. The van der Waals surface area contributed by atoms with Crippen molar-refractivity contribution in [2.75, 3.05) is 5.32 Å². The lowest BCUT2D eigenvalue weighted by Gasteiger charge is -2.16. The minimum atomic E-state index is -0.637. The average Bonchev–Trinajstić information content (AvgIpc) is 2.51. The van der Waals surface area contributed by atoms with E-state index in [1.54, 1.807) is 24.3 Å². The highest BCUT2D eigenvalue weighted by atomic mass is 79.9. The summed E-state index contributed by atoms with van der Waals surface area (Å²) >= 11 is 3.34. The van der Waals surface area contributed by atoms with Crippen LogP contribution in [0.2, 0.25) is 0 Å². The summed E-state index contributed by atoms with van der Waals surface area (Å²) in [7, 11) is 0. The molecule has 112 valence electrons. The van der Waals surface area contributed by atoms with E-state index in [2.05, 4.69) is 32.3 Å². The van der Waals surface area contributed by atoms with Gasteiger partial charge in [0, 0.05) is 5.56 Å². The molecule has 0 saturated heterocycles. The van der Waals surface area contributed by atoms with E-state index in [4.69, 9.17) is 0 Å². The van der Waals surface area contributed by atoms with Gasteiger partial charge < -0.3 is 5.32 Å². The first-order valence-electron chi connectivity index (χ1n) is 6.80. The molecule has 5 heteroatoms. The Morgan fingerprint density at radius 2 is 2.05 bits per heavy atom. The second kappa shape index (κ2) is 6.29. The fraction of sp³-hybridized carbons (Fsp3) is 0.235. The summed E-state index contributed by atoms with van der Waals surface area (Å²) in [6, 6.07) is 12.9. The zero-order chi connectivity index (χ0) is 16.3. The molecule has 0 saturated carbocycles. The number of carbonyl (C=O) groups excluding carboxylic acids is 1. The smallest absolute Gasteiger partial charge is 0.256 e. The van der Waals surface area contributed by atoms with Gasteiger partial charge in [-0.3, -0.25) is 4.79 Å². The number of aromatic nitrogens is 1. The molecule has 1 N–H and O–H groups in total. The van der Waals surface area contributed by atoms with Crippen molar-refractivity contribution in [3.05, 3.63) is 57.7 Å². The molecule has 0 radical (unpaired) electrons. The second-order valence-corrected chi connectivity index (χ2v) is 6.33. The quantitative estimate of drug-likeness (QED) is 0.836. The molecule has 22 heavy (non-hydrogen) atoms. The van der Waals surface area contributed by atoms with Crippen LogP contribution in [-0.4, -0.2) is 10.9 Å². The molecule has 0 spiro atoms. The van der Waals surface area contributed by atoms with E-state index < -0.39 is 5.41 Å². The third-order valence-electron chi connectivity index (χ3n) is 3.40. The van der Waals surface area contributed by atoms with Crippen molar-refractivity contribution in [1.82, 2.24) is 4.98 Å². The van der Waals surface area contributed by atoms with Gasteiger partial charge in [-0.2, -0.15) is 5.26 Å². The molecular formula is C17H16BrN3O. The Kier molecular flexibility index (Phi) is 4.62. The first-order chi connectivity index (χ1) is 10.3. The number of pyridine rings is 1. The summed E-state index contributed by atoms with van der Waals surface area (Å²) in [5, 5.41) is 12.0. The molecule has 0 fully saturated rings. The van der Waals surface area contributed by atoms with E-state index in [9.17, 15) is 10.1 Å². The fourth-order valence-corrected chi connectivity index (χ4v) is 2.20. The molecule has 1 heterocycles. The van der Waals surface area contributed by atoms with E-state index in [1.807, 2.05) is 32.9 Å². The van der Waals surface area contributed by atoms with Gasteiger partial charge in [0.25, 0.3) is 5.91 Å². The maximum Gasteiger partial charge on any atom is 0.256 e. The lowest BCUT2D eigenvalue weighted by atomic mass is 9.85. The maximum atomic E-state index is 12.3. The molecule has 0 unspecified atom stereocenters. The lowest BCUT2D eigenvalue weighted by molar-refractivity contribution is 0.102. The molecule has 1 aromatic carbocycles. The zero-order valence-electron chi connectivity index (χ0n) is 12.6. The lowest BCUT2D eigenvalue weighted by Crippen LogP contribution is -2.17. The summed E-state index contributed by atoms with van der Waals surface area (Å²) in [5.74, 6) is 0.228. The number of rotatable bonds is 3. The number of nitriles is 1.